The first-order valence-corrected chi connectivity index (χ1v) is 8.22. The molecule has 0 aliphatic heterocycles. The molecule has 0 fully saturated rings. The Kier molecular flexibility index (Phi) is 12.6. The fourth-order valence-corrected chi connectivity index (χ4v) is 2.07. The van der Waals surface area contributed by atoms with Gasteiger partial charge in [0.2, 0.25) is 0 Å². The minimum Gasteiger partial charge on any atom is -0.465 e. The van der Waals surface area contributed by atoms with Crippen molar-refractivity contribution in [3.05, 3.63) is 20.2 Å². The molecule has 154 valence electrons. The maximum atomic E-state index is 11.8. The number of nitrogens with two attached hydrogens (primary N) is 1. The van der Waals surface area contributed by atoms with Crippen molar-refractivity contribution >= 4 is 18.1 Å². The van der Waals surface area contributed by atoms with E-state index in [1.807, 2.05) is 0 Å². The molecule has 0 aromatic heterocycles. The first-order valence-electron chi connectivity index (χ1n) is 8.22. The van der Waals surface area contributed by atoms with Gasteiger partial charge in [-0.3, -0.25) is 14.6 Å². The van der Waals surface area contributed by atoms with Crippen LogP contribution in [0.25, 0.3) is 0 Å². The van der Waals surface area contributed by atoms with E-state index in [0.717, 1.165) is 0 Å². The summed E-state index contributed by atoms with van der Waals surface area (Å²) in [7, 11) is 0. The molecule has 13 heteroatoms. The van der Waals surface area contributed by atoms with Gasteiger partial charge in [0, 0.05) is 13.0 Å². The van der Waals surface area contributed by atoms with E-state index >= 15 is 0 Å². The average Bonchev–Trinajstić information content (AvgIpc) is 2.56. The molecular weight excluding hydrogens is 368 g/mol. The predicted octanol–water partition coefficient (Wildman–Crippen LogP) is 0.600. The Balaban J connectivity index is 4.09. The molecule has 0 radical (unpaired) electrons. The number of carbonyl (C=O) groups is 2. The van der Waals surface area contributed by atoms with Crippen molar-refractivity contribution in [1.29, 1.82) is 0 Å². The summed E-state index contributed by atoms with van der Waals surface area (Å²) in [5.74, 6) is -0.0531. The Hall–Kier alpha value is -2.99. The quantitative estimate of drug-likeness (QED) is 0.0916. The van der Waals surface area contributed by atoms with Gasteiger partial charge >= 0.3 is 0 Å². The zero-order valence-corrected chi connectivity index (χ0v) is 15.0. The van der Waals surface area contributed by atoms with Crippen molar-refractivity contribution < 1.29 is 34.2 Å². The molecule has 0 rings (SSSR count). The molecule has 0 aromatic carbocycles. The van der Waals surface area contributed by atoms with Gasteiger partial charge in [0.05, 0.1) is 12.5 Å². The molecule has 2 N–H and O–H groups in total. The van der Waals surface area contributed by atoms with Crippen molar-refractivity contribution in [2.24, 2.45) is 10.7 Å². The van der Waals surface area contributed by atoms with Crippen LogP contribution in [-0.4, -0.2) is 53.6 Å². The number of rotatable bonds is 17. The highest BCUT2D eigenvalue weighted by Gasteiger charge is 2.16. The Bertz CT molecular complexity index is 527. The first kappa shape index (κ1) is 24.0. The number of hydrogen-bond acceptors (Lipinski definition) is 10. The first-order chi connectivity index (χ1) is 12.7. The zero-order valence-electron chi connectivity index (χ0n) is 15.0. The van der Waals surface area contributed by atoms with Gasteiger partial charge in [0.25, 0.3) is 16.6 Å². The zero-order chi connectivity index (χ0) is 20.7. The number of ether oxygens (including phenoxy) is 1. The normalized spacial score (nSPS) is 13.3. The van der Waals surface area contributed by atoms with Crippen LogP contribution in [0.4, 0.5) is 0 Å². The monoisotopic (exact) mass is 392 g/mol. The number of amidine groups is 1. The van der Waals surface area contributed by atoms with Crippen LogP contribution in [0.5, 0.6) is 0 Å². The number of Topliss-reactive ketones (excluding diaryl/α,β-unsaturated/α-hetero) is 1. The molecule has 27 heavy (non-hydrogen) atoms. The van der Waals surface area contributed by atoms with Crippen LogP contribution in [0.15, 0.2) is 4.99 Å². The molecule has 0 aromatic rings. The van der Waals surface area contributed by atoms with Crippen LogP contribution in [0, 0.1) is 20.2 Å². The summed E-state index contributed by atoms with van der Waals surface area (Å²) in [6, 6.07) is 0. The lowest BCUT2D eigenvalue weighted by Gasteiger charge is -2.13. The molecule has 0 aliphatic carbocycles. The van der Waals surface area contributed by atoms with E-state index in [1.54, 1.807) is 6.92 Å². The van der Waals surface area contributed by atoms with Gasteiger partial charge in [-0.05, 0) is 32.6 Å². The smallest absolute Gasteiger partial charge is 0.294 e. The second-order valence-corrected chi connectivity index (χ2v) is 5.64. The van der Waals surface area contributed by atoms with Crippen molar-refractivity contribution in [3.8, 4) is 0 Å². The van der Waals surface area contributed by atoms with E-state index in [-0.39, 0.29) is 43.4 Å². The Morgan fingerprint density at radius 2 is 1.93 bits per heavy atom. The number of nitrogens with zero attached hydrogens (tertiary/aromatic N) is 3. The lowest BCUT2D eigenvalue weighted by atomic mass is 10.1. The molecule has 0 bridgehead atoms. The molecule has 0 amide bonds. The minimum atomic E-state index is -1.14. The van der Waals surface area contributed by atoms with Gasteiger partial charge in [-0.1, -0.05) is 0 Å². The van der Waals surface area contributed by atoms with E-state index in [2.05, 4.69) is 14.7 Å². The minimum absolute atomic E-state index is 0.0340. The molecule has 13 nitrogen and oxygen atoms in total. The molecule has 0 aliphatic rings. The predicted molar refractivity (Wildman–Crippen MR) is 90.6 cm³/mol. The highest BCUT2D eigenvalue weighted by Crippen LogP contribution is 2.08. The SMILES string of the molecule is CC(CCCN=C(N)CC(=O)CCCC(CO[N+](=O)[O-])O[N+](=O)[O-])OC=O. The van der Waals surface area contributed by atoms with Crippen LogP contribution in [0.1, 0.15) is 45.4 Å². The summed E-state index contributed by atoms with van der Waals surface area (Å²) in [6.45, 7) is 1.92. The molecule has 0 spiro atoms. The summed E-state index contributed by atoms with van der Waals surface area (Å²) in [4.78, 5) is 54.8. The van der Waals surface area contributed by atoms with Gasteiger partial charge < -0.3 is 20.1 Å². The Labute approximate surface area is 155 Å². The molecule has 2 atom stereocenters. The van der Waals surface area contributed by atoms with Crippen molar-refractivity contribution in [2.75, 3.05) is 13.2 Å². The van der Waals surface area contributed by atoms with Crippen LogP contribution < -0.4 is 5.73 Å². The number of carbonyl (C=O) groups excluding carboxylic acids is 2. The second kappa shape index (κ2) is 14.2. The van der Waals surface area contributed by atoms with E-state index in [9.17, 15) is 29.8 Å². The third-order valence-corrected chi connectivity index (χ3v) is 3.33. The molecule has 2 unspecified atom stereocenters. The van der Waals surface area contributed by atoms with Gasteiger partial charge in [0.15, 0.2) is 0 Å². The largest absolute Gasteiger partial charge is 0.465 e. The number of ketones is 1. The molecule has 0 heterocycles. The van der Waals surface area contributed by atoms with E-state index in [0.29, 0.717) is 25.9 Å². The summed E-state index contributed by atoms with van der Waals surface area (Å²) in [6.07, 6.45) is 0.156. The molecular formula is C14H24N4O9. The van der Waals surface area contributed by atoms with Crippen molar-refractivity contribution in [2.45, 2.75) is 57.7 Å². The van der Waals surface area contributed by atoms with Crippen LogP contribution >= 0.6 is 0 Å². The van der Waals surface area contributed by atoms with Gasteiger partial charge in [-0.25, -0.2) is 0 Å². The second-order valence-electron chi connectivity index (χ2n) is 5.64. The van der Waals surface area contributed by atoms with E-state index in [1.165, 1.54) is 0 Å². The fraction of sp³-hybridized carbons (Fsp3) is 0.786. The maximum absolute atomic E-state index is 11.8. The highest BCUT2D eigenvalue weighted by atomic mass is 17.0. The van der Waals surface area contributed by atoms with E-state index < -0.39 is 22.9 Å². The molecule has 0 saturated carbocycles. The van der Waals surface area contributed by atoms with Crippen LogP contribution in [-0.2, 0) is 24.0 Å². The topological polar surface area (TPSA) is 186 Å². The van der Waals surface area contributed by atoms with E-state index in [4.69, 9.17) is 10.5 Å². The fourth-order valence-electron chi connectivity index (χ4n) is 2.07. The van der Waals surface area contributed by atoms with Crippen LogP contribution in [0.3, 0.4) is 0 Å². The van der Waals surface area contributed by atoms with Gasteiger partial charge in [-0.2, -0.15) is 0 Å². The summed E-state index contributed by atoms with van der Waals surface area (Å²) >= 11 is 0. The Morgan fingerprint density at radius 3 is 2.52 bits per heavy atom. The third kappa shape index (κ3) is 15.0. The lowest BCUT2D eigenvalue weighted by molar-refractivity contribution is -0.790. The van der Waals surface area contributed by atoms with Gasteiger partial charge in [0.1, 0.15) is 24.3 Å². The number of hydrogen-bond donors (Lipinski definition) is 1. The lowest BCUT2D eigenvalue weighted by Crippen LogP contribution is -2.25. The number of aliphatic imine (C=N–C) groups is 1. The highest BCUT2D eigenvalue weighted by molar-refractivity contribution is 5.99. The third-order valence-electron chi connectivity index (χ3n) is 3.33. The summed E-state index contributed by atoms with van der Waals surface area (Å²) in [5.41, 5.74) is 5.66. The van der Waals surface area contributed by atoms with Crippen molar-refractivity contribution in [3.63, 3.8) is 0 Å². The Morgan fingerprint density at radius 1 is 1.22 bits per heavy atom. The average molecular weight is 392 g/mol. The maximum Gasteiger partial charge on any atom is 0.294 e. The summed E-state index contributed by atoms with van der Waals surface area (Å²) in [5, 5.41) is 18.3. The summed E-state index contributed by atoms with van der Waals surface area (Å²) < 4.78 is 4.72. The molecule has 0 saturated heterocycles. The van der Waals surface area contributed by atoms with Gasteiger partial charge in [-0.15, -0.1) is 20.2 Å². The van der Waals surface area contributed by atoms with Crippen molar-refractivity contribution in [1.82, 2.24) is 0 Å². The standard InChI is InChI=1S/C14H24N4O9/c1-11(25-10-19)4-3-7-16-14(15)8-12(20)5-2-6-13(27-18(23)24)9-26-17(21)22/h10-11,13H,2-9H2,1H3,(H2,15,16). The van der Waals surface area contributed by atoms with Crippen LogP contribution in [0.2, 0.25) is 0 Å².